The number of fused-ring (bicyclic) bond motifs is 1. The van der Waals surface area contributed by atoms with Gasteiger partial charge in [-0.25, -0.2) is 4.68 Å². The van der Waals surface area contributed by atoms with Crippen LogP contribution in [0, 0.1) is 0 Å². The third-order valence-corrected chi connectivity index (χ3v) is 6.93. The molecular formula is C16H19N5O2S2. The van der Waals surface area contributed by atoms with Crippen LogP contribution in [0.3, 0.4) is 0 Å². The SMILES string of the molecule is O=c1cc2c(nn1C1COCC1Nc1nnc(C3CC3)s1)CCSC2. The lowest BCUT2D eigenvalue weighted by molar-refractivity contribution is 0.182. The van der Waals surface area contributed by atoms with Crippen molar-refractivity contribution in [3.8, 4) is 0 Å². The summed E-state index contributed by atoms with van der Waals surface area (Å²) < 4.78 is 7.27. The standard InChI is InChI=1S/C16H19N5O2S2/c22-14-5-10-8-24-4-3-11(10)20-21(14)13-7-23-6-12(13)17-16-19-18-15(25-16)9-1-2-9/h5,9,12-13H,1-4,6-8H2,(H,17,19). The van der Waals surface area contributed by atoms with Crippen LogP contribution < -0.4 is 10.9 Å². The Hall–Kier alpha value is -1.45. The molecule has 7 nitrogen and oxygen atoms in total. The highest BCUT2D eigenvalue weighted by atomic mass is 32.2. The van der Waals surface area contributed by atoms with E-state index in [1.165, 1.54) is 12.8 Å². The summed E-state index contributed by atoms with van der Waals surface area (Å²) in [7, 11) is 0. The van der Waals surface area contributed by atoms with Crippen molar-refractivity contribution in [2.75, 3.05) is 24.3 Å². The largest absolute Gasteiger partial charge is 0.377 e. The zero-order valence-corrected chi connectivity index (χ0v) is 15.3. The van der Waals surface area contributed by atoms with Crippen molar-refractivity contribution in [1.82, 2.24) is 20.0 Å². The van der Waals surface area contributed by atoms with Gasteiger partial charge in [-0.05, 0) is 24.2 Å². The van der Waals surface area contributed by atoms with Crippen LogP contribution in [-0.2, 0) is 16.9 Å². The van der Waals surface area contributed by atoms with Crippen LogP contribution in [0.1, 0.15) is 41.1 Å². The molecule has 2 unspecified atom stereocenters. The Labute approximate surface area is 153 Å². The third-order valence-electron chi connectivity index (χ3n) is 4.90. The highest BCUT2D eigenvalue weighted by Gasteiger charge is 2.34. The second kappa shape index (κ2) is 6.37. The fourth-order valence-electron chi connectivity index (χ4n) is 3.33. The molecule has 0 bridgehead atoms. The molecular weight excluding hydrogens is 358 g/mol. The van der Waals surface area contributed by atoms with Crippen molar-refractivity contribution >= 4 is 28.2 Å². The summed E-state index contributed by atoms with van der Waals surface area (Å²) in [6, 6.07) is 1.63. The first-order chi connectivity index (χ1) is 12.3. The van der Waals surface area contributed by atoms with Gasteiger partial charge in [-0.2, -0.15) is 16.9 Å². The molecule has 4 heterocycles. The van der Waals surface area contributed by atoms with Gasteiger partial charge < -0.3 is 10.1 Å². The number of hydrogen-bond donors (Lipinski definition) is 1. The molecule has 0 aromatic carbocycles. The van der Waals surface area contributed by atoms with Crippen molar-refractivity contribution in [2.45, 2.75) is 43.0 Å². The summed E-state index contributed by atoms with van der Waals surface area (Å²) in [5.74, 6) is 2.55. The molecule has 3 aliphatic rings. The summed E-state index contributed by atoms with van der Waals surface area (Å²) in [6.45, 7) is 1.04. The Bertz CT molecular complexity index is 847. The van der Waals surface area contributed by atoms with Crippen molar-refractivity contribution in [1.29, 1.82) is 0 Å². The minimum Gasteiger partial charge on any atom is -0.377 e. The van der Waals surface area contributed by atoms with Crippen molar-refractivity contribution < 1.29 is 4.74 Å². The van der Waals surface area contributed by atoms with Gasteiger partial charge >= 0.3 is 0 Å². The number of aromatic nitrogens is 4. The molecule has 1 N–H and O–H groups in total. The zero-order valence-electron chi connectivity index (χ0n) is 13.7. The molecule has 1 saturated carbocycles. The number of aryl methyl sites for hydroxylation is 1. The molecule has 132 valence electrons. The summed E-state index contributed by atoms with van der Waals surface area (Å²) in [4.78, 5) is 12.6. The van der Waals surface area contributed by atoms with E-state index in [1.807, 2.05) is 11.8 Å². The summed E-state index contributed by atoms with van der Waals surface area (Å²) in [5.41, 5.74) is 2.09. The van der Waals surface area contributed by atoms with Crippen molar-refractivity contribution in [3.05, 3.63) is 32.7 Å². The molecule has 0 radical (unpaired) electrons. The van der Waals surface area contributed by atoms with Gasteiger partial charge in [0.2, 0.25) is 5.13 Å². The number of nitrogens with one attached hydrogen (secondary N) is 1. The fraction of sp³-hybridized carbons (Fsp3) is 0.625. The predicted octanol–water partition coefficient (Wildman–Crippen LogP) is 1.81. The Balaban J connectivity index is 1.39. The van der Waals surface area contributed by atoms with Crippen LogP contribution in [0.15, 0.2) is 10.9 Å². The highest BCUT2D eigenvalue weighted by molar-refractivity contribution is 7.98. The second-order valence-electron chi connectivity index (χ2n) is 6.78. The summed E-state index contributed by atoms with van der Waals surface area (Å²) in [5, 5.41) is 18.5. The van der Waals surface area contributed by atoms with Crippen LogP contribution in [-0.4, -0.2) is 45.0 Å². The molecule has 25 heavy (non-hydrogen) atoms. The monoisotopic (exact) mass is 377 g/mol. The Morgan fingerprint density at radius 3 is 3.08 bits per heavy atom. The molecule has 2 aromatic rings. The quantitative estimate of drug-likeness (QED) is 0.870. The zero-order chi connectivity index (χ0) is 16.8. The normalized spacial score (nSPS) is 25.8. The maximum atomic E-state index is 12.6. The maximum Gasteiger partial charge on any atom is 0.267 e. The summed E-state index contributed by atoms with van der Waals surface area (Å²) >= 11 is 3.47. The van der Waals surface area contributed by atoms with Gasteiger partial charge in [0.1, 0.15) is 11.0 Å². The van der Waals surface area contributed by atoms with Crippen LogP contribution in [0.4, 0.5) is 5.13 Å². The van der Waals surface area contributed by atoms with Crippen LogP contribution >= 0.6 is 23.1 Å². The first kappa shape index (κ1) is 15.8. The van der Waals surface area contributed by atoms with E-state index in [0.717, 1.165) is 39.3 Å². The van der Waals surface area contributed by atoms with Gasteiger partial charge in [0, 0.05) is 24.2 Å². The van der Waals surface area contributed by atoms with E-state index < -0.39 is 0 Å². The van der Waals surface area contributed by atoms with E-state index in [2.05, 4.69) is 20.6 Å². The first-order valence-corrected chi connectivity index (χ1v) is 10.6. The van der Waals surface area contributed by atoms with Crippen LogP contribution in [0.2, 0.25) is 0 Å². The lowest BCUT2D eigenvalue weighted by atomic mass is 10.1. The molecule has 1 aliphatic carbocycles. The number of nitrogens with zero attached hydrogens (tertiary/aromatic N) is 4. The van der Waals surface area contributed by atoms with Gasteiger partial charge in [-0.1, -0.05) is 11.3 Å². The third kappa shape index (κ3) is 3.09. The Morgan fingerprint density at radius 2 is 2.20 bits per heavy atom. The van der Waals surface area contributed by atoms with E-state index in [9.17, 15) is 4.79 Å². The van der Waals surface area contributed by atoms with E-state index in [0.29, 0.717) is 19.1 Å². The average molecular weight is 377 g/mol. The van der Waals surface area contributed by atoms with Crippen LogP contribution in [0.25, 0.3) is 0 Å². The van der Waals surface area contributed by atoms with Gasteiger partial charge in [0.05, 0.1) is 24.9 Å². The minimum absolute atomic E-state index is 0.0128. The molecule has 2 aliphatic heterocycles. The lowest BCUT2D eigenvalue weighted by Gasteiger charge is -2.22. The van der Waals surface area contributed by atoms with Gasteiger partial charge in [0.15, 0.2) is 0 Å². The molecule has 2 aromatic heterocycles. The van der Waals surface area contributed by atoms with Crippen molar-refractivity contribution in [3.63, 3.8) is 0 Å². The highest BCUT2D eigenvalue weighted by Crippen LogP contribution is 2.42. The molecule has 0 spiro atoms. The molecule has 1 saturated heterocycles. The van der Waals surface area contributed by atoms with E-state index >= 15 is 0 Å². The van der Waals surface area contributed by atoms with Crippen molar-refractivity contribution in [2.24, 2.45) is 0 Å². The summed E-state index contributed by atoms with van der Waals surface area (Å²) in [6.07, 6.45) is 3.36. The molecule has 5 rings (SSSR count). The fourth-order valence-corrected chi connectivity index (χ4v) is 5.26. The number of rotatable bonds is 4. The van der Waals surface area contributed by atoms with E-state index in [1.54, 1.807) is 22.1 Å². The Kier molecular flexibility index (Phi) is 4.02. The molecule has 2 fully saturated rings. The number of thioether (sulfide) groups is 1. The molecule has 9 heteroatoms. The van der Waals surface area contributed by atoms with Crippen LogP contribution in [0.5, 0.6) is 0 Å². The molecule has 2 atom stereocenters. The van der Waals surface area contributed by atoms with E-state index in [4.69, 9.17) is 4.74 Å². The number of ether oxygens (including phenoxy) is 1. The topological polar surface area (TPSA) is 81.9 Å². The lowest BCUT2D eigenvalue weighted by Crippen LogP contribution is -2.38. The number of hydrogen-bond acceptors (Lipinski definition) is 8. The first-order valence-electron chi connectivity index (χ1n) is 8.65. The van der Waals surface area contributed by atoms with E-state index in [-0.39, 0.29) is 17.6 Å². The minimum atomic E-state index is -0.111. The van der Waals surface area contributed by atoms with Gasteiger partial charge in [-0.15, -0.1) is 10.2 Å². The van der Waals surface area contributed by atoms with Gasteiger partial charge in [0.25, 0.3) is 5.56 Å². The Morgan fingerprint density at radius 1 is 1.28 bits per heavy atom. The van der Waals surface area contributed by atoms with Gasteiger partial charge in [-0.3, -0.25) is 4.79 Å². The maximum absolute atomic E-state index is 12.6. The average Bonchev–Trinajstić information content (AvgIpc) is 3.20. The molecule has 0 amide bonds. The predicted molar refractivity (Wildman–Crippen MR) is 97.5 cm³/mol. The number of anilines is 1. The smallest absolute Gasteiger partial charge is 0.267 e. The second-order valence-corrected chi connectivity index (χ2v) is 8.89.